The number of amides is 1. The molecule has 1 heterocycles. The molecule has 1 atom stereocenters. The molecule has 86 valence electrons. The van der Waals surface area contributed by atoms with E-state index in [-0.39, 0.29) is 11.8 Å². The predicted octanol–water partition coefficient (Wildman–Crippen LogP) is 1.44. The average molecular weight is 221 g/mol. The van der Waals surface area contributed by atoms with E-state index in [1.54, 1.807) is 7.11 Å². The van der Waals surface area contributed by atoms with Gasteiger partial charge >= 0.3 is 0 Å². The molecular weight excluding hydrogens is 206 g/mol. The molecule has 0 radical (unpaired) electrons. The zero-order valence-electron chi connectivity index (χ0n) is 9.23. The fraction of sp³-hybridized carbons (Fsp3) is 0.417. The molecule has 1 amide bonds. The SMILES string of the molecule is COc1cccc2c1OCCC2CC(N)=O. The molecule has 0 aliphatic carbocycles. The third-order valence-electron chi connectivity index (χ3n) is 2.83. The third-order valence-corrected chi connectivity index (χ3v) is 2.83. The van der Waals surface area contributed by atoms with Crippen LogP contribution in [0.2, 0.25) is 0 Å². The maximum absolute atomic E-state index is 11.0. The Hall–Kier alpha value is -1.71. The minimum atomic E-state index is -0.277. The fourth-order valence-electron chi connectivity index (χ4n) is 2.08. The van der Waals surface area contributed by atoms with Crippen molar-refractivity contribution < 1.29 is 14.3 Å². The van der Waals surface area contributed by atoms with E-state index in [0.717, 1.165) is 17.7 Å². The first-order valence-electron chi connectivity index (χ1n) is 5.30. The van der Waals surface area contributed by atoms with Gasteiger partial charge in [-0.15, -0.1) is 0 Å². The monoisotopic (exact) mass is 221 g/mol. The van der Waals surface area contributed by atoms with Crippen molar-refractivity contribution in [1.29, 1.82) is 0 Å². The maximum Gasteiger partial charge on any atom is 0.218 e. The van der Waals surface area contributed by atoms with Crippen LogP contribution in [-0.2, 0) is 4.79 Å². The molecule has 4 heteroatoms. The number of para-hydroxylation sites is 1. The highest BCUT2D eigenvalue weighted by Gasteiger charge is 2.25. The molecule has 1 unspecified atom stereocenters. The van der Waals surface area contributed by atoms with E-state index < -0.39 is 0 Å². The summed E-state index contributed by atoms with van der Waals surface area (Å²) >= 11 is 0. The molecule has 1 aliphatic rings. The second kappa shape index (κ2) is 4.43. The number of fused-ring (bicyclic) bond motifs is 1. The van der Waals surface area contributed by atoms with Gasteiger partial charge in [-0.1, -0.05) is 12.1 Å². The lowest BCUT2D eigenvalue weighted by Crippen LogP contribution is -2.21. The van der Waals surface area contributed by atoms with Gasteiger partial charge in [-0.05, 0) is 18.4 Å². The van der Waals surface area contributed by atoms with Gasteiger partial charge in [0.2, 0.25) is 5.91 Å². The number of hydrogen-bond donors (Lipinski definition) is 1. The molecule has 0 spiro atoms. The number of benzene rings is 1. The predicted molar refractivity (Wildman–Crippen MR) is 59.7 cm³/mol. The molecule has 0 saturated heterocycles. The van der Waals surface area contributed by atoms with Crippen molar-refractivity contribution in [2.24, 2.45) is 5.73 Å². The summed E-state index contributed by atoms with van der Waals surface area (Å²) < 4.78 is 10.8. The Kier molecular flexibility index (Phi) is 2.99. The number of carbonyl (C=O) groups excluding carboxylic acids is 1. The van der Waals surface area contributed by atoms with Crippen LogP contribution in [-0.4, -0.2) is 19.6 Å². The van der Waals surface area contributed by atoms with Gasteiger partial charge in [-0.25, -0.2) is 0 Å². The molecule has 16 heavy (non-hydrogen) atoms. The summed E-state index contributed by atoms with van der Waals surface area (Å²) in [4.78, 5) is 11.0. The van der Waals surface area contributed by atoms with Crippen molar-refractivity contribution in [3.63, 3.8) is 0 Å². The highest BCUT2D eigenvalue weighted by atomic mass is 16.5. The van der Waals surface area contributed by atoms with E-state index in [1.807, 2.05) is 18.2 Å². The number of rotatable bonds is 3. The van der Waals surface area contributed by atoms with Crippen LogP contribution in [0.4, 0.5) is 0 Å². The van der Waals surface area contributed by atoms with Crippen LogP contribution in [0.5, 0.6) is 11.5 Å². The van der Waals surface area contributed by atoms with Crippen LogP contribution in [0.15, 0.2) is 18.2 Å². The third kappa shape index (κ3) is 1.96. The van der Waals surface area contributed by atoms with Crippen molar-refractivity contribution in [3.05, 3.63) is 23.8 Å². The number of ether oxygens (including phenoxy) is 2. The number of methoxy groups -OCH3 is 1. The van der Waals surface area contributed by atoms with Crippen molar-refractivity contribution in [3.8, 4) is 11.5 Å². The van der Waals surface area contributed by atoms with Gasteiger partial charge in [0.25, 0.3) is 0 Å². The Morgan fingerprint density at radius 3 is 3.12 bits per heavy atom. The number of carbonyl (C=O) groups is 1. The summed E-state index contributed by atoms with van der Waals surface area (Å²) in [6, 6.07) is 5.72. The van der Waals surface area contributed by atoms with Crippen LogP contribution in [0.1, 0.15) is 24.3 Å². The van der Waals surface area contributed by atoms with Gasteiger partial charge in [0, 0.05) is 12.0 Å². The lowest BCUT2D eigenvalue weighted by atomic mass is 9.90. The maximum atomic E-state index is 11.0. The standard InChI is InChI=1S/C12H15NO3/c1-15-10-4-2-3-9-8(7-11(13)14)5-6-16-12(9)10/h2-4,8H,5-7H2,1H3,(H2,13,14). The normalized spacial score (nSPS) is 18.4. The molecule has 1 aliphatic heterocycles. The van der Waals surface area contributed by atoms with Crippen molar-refractivity contribution in [2.75, 3.05) is 13.7 Å². The van der Waals surface area contributed by atoms with Gasteiger partial charge in [0.05, 0.1) is 13.7 Å². The Labute approximate surface area is 94.3 Å². The lowest BCUT2D eigenvalue weighted by Gasteiger charge is -2.26. The highest BCUT2D eigenvalue weighted by Crippen LogP contribution is 2.41. The van der Waals surface area contributed by atoms with Gasteiger partial charge in [0.15, 0.2) is 11.5 Å². The number of primary amides is 1. The topological polar surface area (TPSA) is 61.6 Å². The van der Waals surface area contributed by atoms with Crippen LogP contribution >= 0.6 is 0 Å². The largest absolute Gasteiger partial charge is 0.493 e. The van der Waals surface area contributed by atoms with E-state index in [9.17, 15) is 4.79 Å². The minimum absolute atomic E-state index is 0.149. The summed E-state index contributed by atoms with van der Waals surface area (Å²) in [7, 11) is 1.61. The summed E-state index contributed by atoms with van der Waals surface area (Å²) in [6.07, 6.45) is 1.19. The molecule has 2 rings (SSSR count). The van der Waals surface area contributed by atoms with Crippen LogP contribution in [0.25, 0.3) is 0 Å². The number of hydrogen-bond acceptors (Lipinski definition) is 3. The van der Waals surface area contributed by atoms with Crippen LogP contribution < -0.4 is 15.2 Å². The quantitative estimate of drug-likeness (QED) is 0.840. The smallest absolute Gasteiger partial charge is 0.218 e. The fourth-order valence-corrected chi connectivity index (χ4v) is 2.08. The first-order chi connectivity index (χ1) is 7.72. The Bertz CT molecular complexity index is 403. The summed E-state index contributed by atoms with van der Waals surface area (Å²) in [5.74, 6) is 1.34. The Morgan fingerprint density at radius 2 is 2.44 bits per heavy atom. The molecule has 0 bridgehead atoms. The zero-order chi connectivity index (χ0) is 11.5. The summed E-state index contributed by atoms with van der Waals surface area (Å²) in [6.45, 7) is 0.602. The van der Waals surface area contributed by atoms with Crippen molar-refractivity contribution in [1.82, 2.24) is 0 Å². The molecule has 4 nitrogen and oxygen atoms in total. The average Bonchev–Trinajstić information content (AvgIpc) is 2.28. The second-order valence-electron chi connectivity index (χ2n) is 3.88. The zero-order valence-corrected chi connectivity index (χ0v) is 9.23. The Morgan fingerprint density at radius 1 is 1.62 bits per heavy atom. The van der Waals surface area contributed by atoms with Crippen molar-refractivity contribution >= 4 is 5.91 Å². The van der Waals surface area contributed by atoms with Crippen LogP contribution in [0.3, 0.4) is 0 Å². The van der Waals surface area contributed by atoms with E-state index in [4.69, 9.17) is 15.2 Å². The van der Waals surface area contributed by atoms with Crippen molar-refractivity contribution in [2.45, 2.75) is 18.8 Å². The Balaban J connectivity index is 2.35. The van der Waals surface area contributed by atoms with E-state index >= 15 is 0 Å². The van der Waals surface area contributed by atoms with Gasteiger partial charge in [-0.2, -0.15) is 0 Å². The van der Waals surface area contributed by atoms with Gasteiger partial charge in [0.1, 0.15) is 0 Å². The van der Waals surface area contributed by atoms with Gasteiger partial charge in [-0.3, -0.25) is 4.79 Å². The number of nitrogens with two attached hydrogens (primary N) is 1. The first-order valence-corrected chi connectivity index (χ1v) is 5.30. The molecule has 0 fully saturated rings. The van der Waals surface area contributed by atoms with Gasteiger partial charge < -0.3 is 15.2 Å². The van der Waals surface area contributed by atoms with Crippen LogP contribution in [0, 0.1) is 0 Å². The van der Waals surface area contributed by atoms with E-state index in [1.165, 1.54) is 0 Å². The summed E-state index contributed by atoms with van der Waals surface area (Å²) in [5, 5.41) is 0. The molecule has 1 aromatic rings. The molecule has 0 saturated carbocycles. The highest BCUT2D eigenvalue weighted by molar-refractivity contribution is 5.75. The lowest BCUT2D eigenvalue weighted by molar-refractivity contribution is -0.118. The second-order valence-corrected chi connectivity index (χ2v) is 3.88. The molecular formula is C12H15NO3. The first kappa shape index (κ1) is 10.8. The minimum Gasteiger partial charge on any atom is -0.493 e. The van der Waals surface area contributed by atoms with E-state index in [2.05, 4.69) is 0 Å². The molecule has 0 aromatic heterocycles. The van der Waals surface area contributed by atoms with E-state index in [0.29, 0.717) is 18.8 Å². The molecule has 1 aromatic carbocycles. The molecule has 2 N–H and O–H groups in total. The summed E-state index contributed by atoms with van der Waals surface area (Å²) in [5.41, 5.74) is 6.26.